The summed E-state index contributed by atoms with van der Waals surface area (Å²) < 4.78 is 43.4. The molecular formula is C41H48N6O6S. The lowest BCUT2D eigenvalue weighted by molar-refractivity contribution is -0.0821. The van der Waals surface area contributed by atoms with E-state index in [0.717, 1.165) is 42.6 Å². The molecule has 0 radical (unpaired) electrons. The fourth-order valence-corrected chi connectivity index (χ4v) is 12.9. The first kappa shape index (κ1) is 34.5. The molecule has 10 rings (SSSR count). The Bertz CT molecular complexity index is 2200. The summed E-state index contributed by atoms with van der Waals surface area (Å²) in [6.07, 6.45) is 12.1. The number of carbonyl (C=O) groups excluding carboxylic acids is 1. The van der Waals surface area contributed by atoms with Crippen LogP contribution in [0.5, 0.6) is 0 Å². The first-order chi connectivity index (χ1) is 26.1. The minimum atomic E-state index is -3.37. The number of sulfonamides is 1. The SMILES string of the molecule is COCCC1C[C@@H]([C@H]2c3ccccc3-c3cncn32)[C@@H](O)C12CCN(C(=O)O[C@@H]1[C@@H]([C@@H]3c4ccccc4-c4cncn43)CCC13CN(S(C)(=O)=O)C3)CC2. The first-order valence-electron chi connectivity index (χ1n) is 19.4. The van der Waals surface area contributed by atoms with Gasteiger partial charge in [0.25, 0.3) is 0 Å². The van der Waals surface area contributed by atoms with Gasteiger partial charge in [-0.15, -0.1) is 0 Å². The van der Waals surface area contributed by atoms with Gasteiger partial charge in [0.2, 0.25) is 10.0 Å². The minimum Gasteiger partial charge on any atom is -0.445 e. The van der Waals surface area contributed by atoms with E-state index in [1.54, 1.807) is 7.11 Å². The van der Waals surface area contributed by atoms with Gasteiger partial charge in [0.1, 0.15) is 6.10 Å². The van der Waals surface area contributed by atoms with Crippen molar-refractivity contribution in [1.29, 1.82) is 0 Å². The first-order valence-corrected chi connectivity index (χ1v) is 21.3. The molecule has 6 heterocycles. The van der Waals surface area contributed by atoms with Crippen LogP contribution in [0.3, 0.4) is 0 Å². The molecule has 6 aliphatic rings. The molecule has 54 heavy (non-hydrogen) atoms. The number of fused-ring (bicyclic) bond motifs is 6. The number of nitrogens with zero attached hydrogens (tertiary/aromatic N) is 6. The lowest BCUT2D eigenvalue weighted by atomic mass is 9.67. The molecule has 7 atom stereocenters. The van der Waals surface area contributed by atoms with Gasteiger partial charge < -0.3 is 28.6 Å². The van der Waals surface area contributed by atoms with Gasteiger partial charge in [0, 0.05) is 73.7 Å². The fourth-order valence-electron chi connectivity index (χ4n) is 11.9. The molecule has 1 unspecified atom stereocenters. The highest BCUT2D eigenvalue weighted by Gasteiger charge is 2.62. The zero-order valence-corrected chi connectivity index (χ0v) is 31.6. The second kappa shape index (κ2) is 12.5. The van der Waals surface area contributed by atoms with Crippen molar-refractivity contribution in [3.63, 3.8) is 0 Å². The molecule has 4 aromatic rings. The highest BCUT2D eigenvalue weighted by Crippen LogP contribution is 2.60. The van der Waals surface area contributed by atoms with Gasteiger partial charge >= 0.3 is 6.09 Å². The average Bonchev–Trinajstić information content (AvgIpc) is 4.00. The Morgan fingerprint density at radius 2 is 1.48 bits per heavy atom. The number of aliphatic hydroxyl groups excluding tert-OH is 1. The highest BCUT2D eigenvalue weighted by atomic mass is 32.2. The lowest BCUT2D eigenvalue weighted by Crippen LogP contribution is -2.63. The van der Waals surface area contributed by atoms with Crippen LogP contribution in [0.25, 0.3) is 22.5 Å². The molecule has 12 nitrogen and oxygen atoms in total. The quantitative estimate of drug-likeness (QED) is 0.272. The number of aromatic nitrogens is 4. The molecule has 2 aromatic heterocycles. The molecule has 0 bridgehead atoms. The van der Waals surface area contributed by atoms with Gasteiger partial charge in [-0.25, -0.2) is 27.5 Å². The third-order valence-corrected chi connectivity index (χ3v) is 15.7. The Morgan fingerprint density at radius 1 is 0.889 bits per heavy atom. The summed E-state index contributed by atoms with van der Waals surface area (Å²) in [5, 5.41) is 12.5. The Kier molecular flexibility index (Phi) is 7.97. The topological polar surface area (TPSA) is 132 Å². The van der Waals surface area contributed by atoms with Gasteiger partial charge in [-0.1, -0.05) is 48.5 Å². The summed E-state index contributed by atoms with van der Waals surface area (Å²) in [4.78, 5) is 25.2. The molecule has 4 aliphatic heterocycles. The summed E-state index contributed by atoms with van der Waals surface area (Å²) in [6, 6.07) is 16.8. The summed E-state index contributed by atoms with van der Waals surface area (Å²) >= 11 is 0. The van der Waals surface area contributed by atoms with Crippen molar-refractivity contribution in [2.45, 2.75) is 62.8 Å². The monoisotopic (exact) mass is 752 g/mol. The van der Waals surface area contributed by atoms with Crippen LogP contribution in [0.4, 0.5) is 4.79 Å². The number of methoxy groups -OCH3 is 1. The molecular weight excluding hydrogens is 705 g/mol. The summed E-state index contributed by atoms with van der Waals surface area (Å²) in [5.41, 5.74) is 6.09. The Morgan fingerprint density at radius 3 is 2.07 bits per heavy atom. The number of rotatable bonds is 7. The van der Waals surface area contributed by atoms with Crippen LogP contribution in [0.2, 0.25) is 0 Å². The average molecular weight is 753 g/mol. The predicted octanol–water partition coefficient (Wildman–Crippen LogP) is 5.21. The number of hydrogen-bond donors (Lipinski definition) is 1. The van der Waals surface area contributed by atoms with E-state index in [2.05, 4.69) is 61.6 Å². The number of amides is 1. The summed E-state index contributed by atoms with van der Waals surface area (Å²) in [7, 11) is -1.63. The maximum atomic E-state index is 14.4. The Balaban J connectivity index is 0.908. The van der Waals surface area contributed by atoms with E-state index in [4.69, 9.17) is 9.47 Å². The van der Waals surface area contributed by atoms with Crippen LogP contribution in [0.1, 0.15) is 61.7 Å². The molecule has 2 aliphatic carbocycles. The number of ether oxygens (including phenoxy) is 2. The van der Waals surface area contributed by atoms with Crippen molar-refractivity contribution in [2.75, 3.05) is 46.2 Å². The van der Waals surface area contributed by atoms with Crippen LogP contribution < -0.4 is 0 Å². The fraction of sp³-hybridized carbons (Fsp3) is 0.537. The van der Waals surface area contributed by atoms with Crippen LogP contribution in [-0.2, 0) is 19.5 Å². The van der Waals surface area contributed by atoms with Crippen LogP contribution in [0, 0.1) is 28.6 Å². The molecule has 2 saturated heterocycles. The smallest absolute Gasteiger partial charge is 0.410 e. The van der Waals surface area contributed by atoms with Crippen molar-refractivity contribution in [3.05, 3.63) is 84.7 Å². The molecule has 284 valence electrons. The van der Waals surface area contributed by atoms with E-state index in [0.29, 0.717) is 45.6 Å². The van der Waals surface area contributed by atoms with Gasteiger partial charge in [-0.05, 0) is 55.6 Å². The lowest BCUT2D eigenvalue weighted by Gasteiger charge is -2.51. The molecule has 4 fully saturated rings. The van der Waals surface area contributed by atoms with E-state index in [-0.39, 0.29) is 41.3 Å². The third-order valence-electron chi connectivity index (χ3n) is 14.5. The van der Waals surface area contributed by atoms with Crippen molar-refractivity contribution >= 4 is 16.1 Å². The molecule has 1 N–H and O–H groups in total. The highest BCUT2D eigenvalue weighted by molar-refractivity contribution is 7.88. The number of benzene rings is 2. The number of carbonyl (C=O) groups is 1. The van der Waals surface area contributed by atoms with Gasteiger partial charge in [0.05, 0.1) is 60.9 Å². The molecule has 13 heteroatoms. The molecule has 1 amide bonds. The van der Waals surface area contributed by atoms with E-state index in [1.807, 2.05) is 36.0 Å². The second-order valence-corrected chi connectivity index (χ2v) is 18.9. The Hall–Kier alpha value is -4.04. The van der Waals surface area contributed by atoms with Crippen LogP contribution in [-0.4, -0.2) is 106 Å². The van der Waals surface area contributed by atoms with Crippen molar-refractivity contribution in [1.82, 2.24) is 28.3 Å². The van der Waals surface area contributed by atoms with Gasteiger partial charge in [0.15, 0.2) is 0 Å². The van der Waals surface area contributed by atoms with Gasteiger partial charge in [-0.2, -0.15) is 0 Å². The summed E-state index contributed by atoms with van der Waals surface area (Å²) in [6.45, 7) is 2.30. The molecule has 2 saturated carbocycles. The second-order valence-electron chi connectivity index (χ2n) is 16.9. The van der Waals surface area contributed by atoms with Crippen molar-refractivity contribution in [2.24, 2.45) is 28.6 Å². The van der Waals surface area contributed by atoms with Gasteiger partial charge in [-0.3, -0.25) is 0 Å². The predicted molar refractivity (Wildman–Crippen MR) is 201 cm³/mol. The zero-order valence-electron chi connectivity index (χ0n) is 30.8. The summed E-state index contributed by atoms with van der Waals surface area (Å²) in [5.74, 6) is 0.197. The van der Waals surface area contributed by atoms with E-state index >= 15 is 0 Å². The normalized spacial score (nSPS) is 30.3. The zero-order chi connectivity index (χ0) is 37.0. The Labute approximate surface area is 316 Å². The third kappa shape index (κ3) is 4.96. The van der Waals surface area contributed by atoms with Crippen molar-refractivity contribution < 1.29 is 27.8 Å². The van der Waals surface area contributed by atoms with Crippen molar-refractivity contribution in [3.8, 4) is 22.5 Å². The standard InChI is InChI=1S/C41H48N6O6S/c1-52-18-12-26-19-32(36-30-10-6-4-8-28(30)34-21-43-25-47(34)36)37(48)41(26)14-16-44(17-15-41)39(49)53-38-31(11-13-40(38)22-45(23-40)54(2,50)51)35-29-9-5-3-7-27(29)33-20-42-24-46(33)35/h3-10,20-21,24-26,31-32,35-38,48H,11-19,22-23H2,1-2H3/t26?,31-,32+,35+,36-,37-,38-/m1/s1. The van der Waals surface area contributed by atoms with E-state index in [1.165, 1.54) is 27.3 Å². The molecule has 2 spiro atoms. The largest absolute Gasteiger partial charge is 0.445 e. The minimum absolute atomic E-state index is 0.000161. The van der Waals surface area contributed by atoms with Crippen LogP contribution >= 0.6 is 0 Å². The van der Waals surface area contributed by atoms with Crippen LogP contribution in [0.15, 0.2) is 73.6 Å². The number of aliphatic hydroxyl groups is 1. The number of piperidine rings is 1. The maximum Gasteiger partial charge on any atom is 0.410 e. The molecule has 2 aromatic carbocycles. The van der Waals surface area contributed by atoms with E-state index < -0.39 is 27.6 Å². The number of likely N-dealkylation sites (tertiary alicyclic amines) is 1. The number of imidazole rings is 2. The number of hydrogen-bond acceptors (Lipinski definition) is 8. The maximum absolute atomic E-state index is 14.4. The van der Waals surface area contributed by atoms with E-state index in [9.17, 15) is 18.3 Å².